The Morgan fingerprint density at radius 2 is 1.90 bits per heavy atom. The molecule has 0 bridgehead atoms. The summed E-state index contributed by atoms with van der Waals surface area (Å²) >= 11 is 5.96. The Balaban J connectivity index is 1.96. The Bertz CT molecular complexity index is 1200. The van der Waals surface area contributed by atoms with Gasteiger partial charge in [-0.15, -0.1) is 0 Å². The lowest BCUT2D eigenvalue weighted by Gasteiger charge is -2.12. The molecule has 0 radical (unpaired) electrons. The predicted octanol–water partition coefficient (Wildman–Crippen LogP) is 3.74. The SMILES string of the molecule is COC(=O)c1ccc(Cl)cc1NC(=O)Cc1c(C)c2ccc(O)c(C)c2oc1=O. The molecule has 29 heavy (non-hydrogen) atoms. The number of methoxy groups -OCH3 is 1. The number of phenolic OH excluding ortho intramolecular Hbond substituents is 1. The van der Waals surface area contributed by atoms with Crippen LogP contribution in [0, 0.1) is 13.8 Å². The van der Waals surface area contributed by atoms with Gasteiger partial charge in [-0.1, -0.05) is 11.6 Å². The zero-order chi connectivity index (χ0) is 21.3. The summed E-state index contributed by atoms with van der Waals surface area (Å²) in [5.41, 5.74) is 1.13. The van der Waals surface area contributed by atoms with E-state index in [0.29, 0.717) is 21.5 Å². The van der Waals surface area contributed by atoms with Crippen LogP contribution in [0.15, 0.2) is 39.5 Å². The summed E-state index contributed by atoms with van der Waals surface area (Å²) in [5.74, 6) is -1.14. The normalized spacial score (nSPS) is 10.8. The third-order valence-corrected chi connectivity index (χ3v) is 4.91. The molecule has 0 aliphatic heterocycles. The maximum absolute atomic E-state index is 12.6. The highest BCUT2D eigenvalue weighted by atomic mass is 35.5. The molecule has 8 heteroatoms. The molecule has 7 nitrogen and oxygen atoms in total. The molecule has 0 aliphatic rings. The van der Waals surface area contributed by atoms with Crippen molar-refractivity contribution in [1.29, 1.82) is 0 Å². The smallest absolute Gasteiger partial charge is 0.340 e. The van der Waals surface area contributed by atoms with Gasteiger partial charge < -0.3 is 19.6 Å². The van der Waals surface area contributed by atoms with Gasteiger partial charge in [0.25, 0.3) is 0 Å². The van der Waals surface area contributed by atoms with Crippen molar-refractivity contribution in [2.45, 2.75) is 20.3 Å². The fraction of sp³-hybridized carbons (Fsp3) is 0.190. The van der Waals surface area contributed by atoms with E-state index in [1.54, 1.807) is 19.9 Å². The number of amides is 1. The molecular weight excluding hydrogens is 398 g/mol. The number of hydrogen-bond donors (Lipinski definition) is 2. The Morgan fingerprint density at radius 1 is 1.17 bits per heavy atom. The monoisotopic (exact) mass is 415 g/mol. The number of aryl methyl sites for hydroxylation is 2. The summed E-state index contributed by atoms with van der Waals surface area (Å²) in [6.07, 6.45) is -0.267. The van der Waals surface area contributed by atoms with Crippen molar-refractivity contribution in [3.8, 4) is 5.75 Å². The summed E-state index contributed by atoms with van der Waals surface area (Å²) in [6, 6.07) is 7.50. The van der Waals surface area contributed by atoms with Crippen LogP contribution in [0.25, 0.3) is 11.0 Å². The first-order valence-electron chi connectivity index (χ1n) is 8.65. The van der Waals surface area contributed by atoms with E-state index in [4.69, 9.17) is 20.8 Å². The van der Waals surface area contributed by atoms with E-state index < -0.39 is 17.5 Å². The number of halogens is 1. The van der Waals surface area contributed by atoms with Crippen molar-refractivity contribution in [3.05, 3.63) is 68.0 Å². The van der Waals surface area contributed by atoms with Crippen molar-refractivity contribution in [3.63, 3.8) is 0 Å². The maximum atomic E-state index is 12.6. The fourth-order valence-corrected chi connectivity index (χ4v) is 3.22. The van der Waals surface area contributed by atoms with E-state index in [0.717, 1.165) is 0 Å². The van der Waals surface area contributed by atoms with Crippen molar-refractivity contribution in [2.24, 2.45) is 0 Å². The number of carbonyl (C=O) groups excluding carboxylic acids is 2. The second-order valence-electron chi connectivity index (χ2n) is 6.49. The number of hydrogen-bond acceptors (Lipinski definition) is 6. The molecule has 150 valence electrons. The van der Waals surface area contributed by atoms with Gasteiger partial charge in [-0.25, -0.2) is 9.59 Å². The summed E-state index contributed by atoms with van der Waals surface area (Å²) in [7, 11) is 1.23. The zero-order valence-corrected chi connectivity index (χ0v) is 16.7. The first-order chi connectivity index (χ1) is 13.7. The maximum Gasteiger partial charge on any atom is 0.340 e. The number of rotatable bonds is 4. The Hall–Kier alpha value is -3.32. The molecule has 1 amide bonds. The van der Waals surface area contributed by atoms with Crippen molar-refractivity contribution in [2.75, 3.05) is 12.4 Å². The van der Waals surface area contributed by atoms with E-state index in [2.05, 4.69) is 5.32 Å². The van der Waals surface area contributed by atoms with Crippen LogP contribution in [-0.4, -0.2) is 24.1 Å². The van der Waals surface area contributed by atoms with Crippen LogP contribution in [0.2, 0.25) is 5.02 Å². The molecule has 3 rings (SSSR count). The second-order valence-corrected chi connectivity index (χ2v) is 6.92. The minimum Gasteiger partial charge on any atom is -0.508 e. The number of ether oxygens (including phenoxy) is 1. The fourth-order valence-electron chi connectivity index (χ4n) is 3.05. The van der Waals surface area contributed by atoms with Gasteiger partial charge in [-0.3, -0.25) is 4.79 Å². The van der Waals surface area contributed by atoms with E-state index in [1.807, 2.05) is 0 Å². The molecule has 0 fully saturated rings. The lowest BCUT2D eigenvalue weighted by Crippen LogP contribution is -2.22. The lowest BCUT2D eigenvalue weighted by atomic mass is 10.0. The van der Waals surface area contributed by atoms with E-state index in [-0.39, 0.29) is 34.6 Å². The molecule has 3 aromatic rings. The average molecular weight is 416 g/mol. The van der Waals surface area contributed by atoms with Crippen molar-refractivity contribution >= 4 is 40.1 Å². The Kier molecular flexibility index (Phi) is 5.61. The molecule has 0 atom stereocenters. The van der Waals surface area contributed by atoms with Gasteiger partial charge in [0.05, 0.1) is 30.3 Å². The highest BCUT2D eigenvalue weighted by Gasteiger charge is 2.19. The van der Waals surface area contributed by atoms with E-state index in [9.17, 15) is 19.5 Å². The quantitative estimate of drug-likeness (QED) is 0.496. The van der Waals surface area contributed by atoms with Gasteiger partial charge in [-0.2, -0.15) is 0 Å². The Morgan fingerprint density at radius 3 is 2.59 bits per heavy atom. The highest BCUT2D eigenvalue weighted by molar-refractivity contribution is 6.31. The lowest BCUT2D eigenvalue weighted by molar-refractivity contribution is -0.115. The van der Waals surface area contributed by atoms with Crippen LogP contribution in [0.3, 0.4) is 0 Å². The van der Waals surface area contributed by atoms with Crippen LogP contribution >= 0.6 is 11.6 Å². The van der Waals surface area contributed by atoms with Gasteiger partial charge >= 0.3 is 11.6 Å². The molecule has 2 aromatic carbocycles. The number of benzene rings is 2. The van der Waals surface area contributed by atoms with E-state index >= 15 is 0 Å². The third-order valence-electron chi connectivity index (χ3n) is 4.67. The van der Waals surface area contributed by atoms with Crippen molar-refractivity contribution in [1.82, 2.24) is 0 Å². The number of nitrogens with one attached hydrogen (secondary N) is 1. The largest absolute Gasteiger partial charge is 0.508 e. The van der Waals surface area contributed by atoms with Crippen LogP contribution in [0.5, 0.6) is 5.75 Å². The number of fused-ring (bicyclic) bond motifs is 1. The highest BCUT2D eigenvalue weighted by Crippen LogP contribution is 2.29. The van der Waals surface area contributed by atoms with Gasteiger partial charge in [0.2, 0.25) is 5.91 Å². The molecule has 0 unspecified atom stereocenters. The third kappa shape index (κ3) is 3.95. The first-order valence-corrected chi connectivity index (χ1v) is 9.03. The summed E-state index contributed by atoms with van der Waals surface area (Å²) in [6.45, 7) is 3.34. The van der Waals surface area contributed by atoms with Gasteiger partial charge in [-0.05, 0) is 49.7 Å². The molecule has 0 saturated carbocycles. The zero-order valence-electron chi connectivity index (χ0n) is 16.0. The summed E-state index contributed by atoms with van der Waals surface area (Å²) in [4.78, 5) is 36.9. The number of aromatic hydroxyl groups is 1. The standard InChI is InChI=1S/C21H18ClNO6/c1-10-13-6-7-17(24)11(2)19(13)29-21(27)15(10)9-18(25)23-16-8-12(22)4-5-14(16)20(26)28-3/h4-8,24H,9H2,1-3H3,(H,23,25). The van der Waals surface area contributed by atoms with Gasteiger partial charge in [0, 0.05) is 16.0 Å². The first kappa shape index (κ1) is 20.4. The second kappa shape index (κ2) is 7.97. The van der Waals surface area contributed by atoms with Crippen LogP contribution in [0.4, 0.5) is 5.69 Å². The topological polar surface area (TPSA) is 106 Å². The van der Waals surface area contributed by atoms with Gasteiger partial charge in [0.1, 0.15) is 11.3 Å². The van der Waals surface area contributed by atoms with Gasteiger partial charge in [0.15, 0.2) is 0 Å². The van der Waals surface area contributed by atoms with Crippen LogP contribution in [-0.2, 0) is 16.0 Å². The molecule has 0 aliphatic carbocycles. The molecule has 2 N–H and O–H groups in total. The number of phenols is 1. The molecule has 0 saturated heterocycles. The number of carbonyl (C=O) groups is 2. The van der Waals surface area contributed by atoms with Crippen LogP contribution < -0.4 is 10.9 Å². The molecule has 1 heterocycles. The molecular formula is C21H18ClNO6. The predicted molar refractivity (Wildman–Crippen MR) is 109 cm³/mol. The Labute approximate surface area is 170 Å². The summed E-state index contributed by atoms with van der Waals surface area (Å²) < 4.78 is 10.0. The average Bonchev–Trinajstić information content (AvgIpc) is 2.68. The van der Waals surface area contributed by atoms with Crippen molar-refractivity contribution < 1.29 is 23.8 Å². The number of esters is 1. The number of anilines is 1. The minimum atomic E-state index is -0.668. The minimum absolute atomic E-state index is 0.0156. The summed E-state index contributed by atoms with van der Waals surface area (Å²) in [5, 5.41) is 13.4. The van der Waals surface area contributed by atoms with Crippen LogP contribution in [0.1, 0.15) is 27.0 Å². The molecule has 0 spiro atoms. The molecule has 1 aromatic heterocycles. The van der Waals surface area contributed by atoms with E-state index in [1.165, 1.54) is 31.4 Å².